The number of aliphatic hydroxyl groups is 1. The van der Waals surface area contributed by atoms with Crippen LogP contribution in [0, 0.1) is 11.8 Å². The summed E-state index contributed by atoms with van der Waals surface area (Å²) < 4.78 is 0. The van der Waals surface area contributed by atoms with Crippen molar-refractivity contribution in [3.8, 4) is 0 Å². The average molecular weight is 185 g/mol. The van der Waals surface area contributed by atoms with Gasteiger partial charge in [0.2, 0.25) is 0 Å². The second-order valence-electron chi connectivity index (χ2n) is 3.75. The zero-order valence-electron chi connectivity index (χ0n) is 7.99. The van der Waals surface area contributed by atoms with E-state index in [4.69, 9.17) is 5.11 Å². The van der Waals surface area contributed by atoms with E-state index < -0.39 is 17.5 Å². The fourth-order valence-electron chi connectivity index (χ4n) is 2.07. The van der Waals surface area contributed by atoms with Gasteiger partial charge in [0.15, 0.2) is 0 Å². The number of aliphatic hydroxyl groups excluding tert-OH is 1. The fourth-order valence-corrected chi connectivity index (χ4v) is 2.07. The number of carboxylic acid groups (broad SMARTS) is 1. The molecule has 13 heavy (non-hydrogen) atoms. The lowest BCUT2D eigenvalue weighted by molar-refractivity contribution is -0.159. The maximum atomic E-state index is 11.1. The molecular formula is C10H17O3. The van der Waals surface area contributed by atoms with Gasteiger partial charge in [-0.3, -0.25) is 4.79 Å². The largest absolute Gasteiger partial charge is 0.481 e. The van der Waals surface area contributed by atoms with Gasteiger partial charge in [0.05, 0.1) is 11.5 Å². The van der Waals surface area contributed by atoms with Crippen LogP contribution in [0.2, 0.25) is 0 Å². The Balaban J connectivity index is 2.78. The van der Waals surface area contributed by atoms with Crippen LogP contribution in [-0.4, -0.2) is 22.3 Å². The number of hydrogen-bond acceptors (Lipinski definition) is 2. The van der Waals surface area contributed by atoms with Crippen LogP contribution in [-0.2, 0) is 4.79 Å². The molecule has 1 unspecified atom stereocenters. The Morgan fingerprint density at radius 2 is 2.08 bits per heavy atom. The molecule has 1 aliphatic carbocycles. The van der Waals surface area contributed by atoms with Crippen molar-refractivity contribution < 1.29 is 15.0 Å². The molecular weight excluding hydrogens is 168 g/mol. The first-order chi connectivity index (χ1) is 6.13. The smallest absolute Gasteiger partial charge is 0.312 e. The van der Waals surface area contributed by atoms with E-state index in [1.807, 2.05) is 6.92 Å². The third kappa shape index (κ3) is 1.85. The molecule has 0 saturated heterocycles. The molecule has 1 fully saturated rings. The molecule has 1 rings (SSSR count). The van der Waals surface area contributed by atoms with Gasteiger partial charge in [0.1, 0.15) is 0 Å². The summed E-state index contributed by atoms with van der Waals surface area (Å²) in [5, 5.41) is 18.8. The van der Waals surface area contributed by atoms with E-state index in [9.17, 15) is 9.90 Å². The molecule has 3 nitrogen and oxygen atoms in total. The van der Waals surface area contributed by atoms with Gasteiger partial charge < -0.3 is 10.2 Å². The summed E-state index contributed by atoms with van der Waals surface area (Å²) in [6.45, 7) is 1.83. The molecule has 0 aromatic rings. The van der Waals surface area contributed by atoms with Crippen LogP contribution >= 0.6 is 0 Å². The summed E-state index contributed by atoms with van der Waals surface area (Å²) in [5.74, 6) is -0.838. The quantitative estimate of drug-likeness (QED) is 0.702. The van der Waals surface area contributed by atoms with Crippen LogP contribution in [0.1, 0.15) is 39.0 Å². The predicted octanol–water partition coefficient (Wildman–Crippen LogP) is 1.61. The van der Waals surface area contributed by atoms with Crippen LogP contribution in [0.3, 0.4) is 0 Å². The fraction of sp³-hybridized carbons (Fsp3) is 0.800. The molecule has 0 spiro atoms. The van der Waals surface area contributed by atoms with E-state index in [0.717, 1.165) is 12.8 Å². The monoisotopic (exact) mass is 185 g/mol. The van der Waals surface area contributed by atoms with Gasteiger partial charge in [-0.25, -0.2) is 0 Å². The predicted molar refractivity (Wildman–Crippen MR) is 49.1 cm³/mol. The van der Waals surface area contributed by atoms with Gasteiger partial charge in [0.25, 0.3) is 0 Å². The molecule has 0 heterocycles. The Labute approximate surface area is 78.8 Å². The molecule has 1 radical (unpaired) electrons. The number of carbonyl (C=O) groups is 1. The summed E-state index contributed by atoms with van der Waals surface area (Å²) in [6.07, 6.45) is 4.70. The normalized spacial score (nSPS) is 23.8. The molecule has 1 aliphatic rings. The van der Waals surface area contributed by atoms with E-state index in [2.05, 4.69) is 6.42 Å². The lowest BCUT2D eigenvalue weighted by Crippen LogP contribution is -2.43. The molecule has 0 aromatic carbocycles. The lowest BCUT2D eigenvalue weighted by Gasteiger charge is -2.36. The van der Waals surface area contributed by atoms with Crippen molar-refractivity contribution in [3.05, 3.63) is 6.42 Å². The average Bonchev–Trinajstić information content (AvgIpc) is 2.17. The molecule has 3 heteroatoms. The minimum atomic E-state index is -0.872. The van der Waals surface area contributed by atoms with Crippen LogP contribution in [0.15, 0.2) is 0 Å². The number of hydrogen-bond donors (Lipinski definition) is 2. The zero-order valence-corrected chi connectivity index (χ0v) is 7.99. The highest BCUT2D eigenvalue weighted by molar-refractivity contribution is 5.75. The highest BCUT2D eigenvalue weighted by Gasteiger charge is 2.44. The second kappa shape index (κ2) is 4.09. The molecule has 1 saturated carbocycles. The van der Waals surface area contributed by atoms with E-state index in [-0.39, 0.29) is 0 Å². The summed E-state index contributed by atoms with van der Waals surface area (Å²) in [5.41, 5.74) is -0.872. The maximum Gasteiger partial charge on any atom is 0.312 e. The van der Waals surface area contributed by atoms with E-state index >= 15 is 0 Å². The SMILES string of the molecule is CCC(O)C1(C(=O)O)CC[CH]CC1. The van der Waals surface area contributed by atoms with E-state index in [0.29, 0.717) is 19.3 Å². The first-order valence-corrected chi connectivity index (χ1v) is 4.86. The van der Waals surface area contributed by atoms with Gasteiger partial charge in [-0.2, -0.15) is 0 Å². The second-order valence-corrected chi connectivity index (χ2v) is 3.75. The van der Waals surface area contributed by atoms with Gasteiger partial charge in [-0.15, -0.1) is 0 Å². The number of aliphatic carboxylic acids is 1. The Morgan fingerprint density at radius 3 is 2.46 bits per heavy atom. The zero-order chi connectivity index (χ0) is 9.90. The Morgan fingerprint density at radius 1 is 1.54 bits per heavy atom. The van der Waals surface area contributed by atoms with E-state index in [1.54, 1.807) is 0 Å². The van der Waals surface area contributed by atoms with Crippen LogP contribution in [0.4, 0.5) is 0 Å². The lowest BCUT2D eigenvalue weighted by atomic mass is 9.69. The molecule has 0 amide bonds. The number of rotatable bonds is 3. The van der Waals surface area contributed by atoms with Crippen molar-refractivity contribution in [1.82, 2.24) is 0 Å². The molecule has 0 aliphatic heterocycles. The van der Waals surface area contributed by atoms with Crippen molar-refractivity contribution in [2.45, 2.75) is 45.1 Å². The van der Waals surface area contributed by atoms with Crippen LogP contribution in [0.5, 0.6) is 0 Å². The van der Waals surface area contributed by atoms with Crippen molar-refractivity contribution in [3.63, 3.8) is 0 Å². The Hall–Kier alpha value is -0.570. The standard InChI is InChI=1S/C10H17O3/c1-2-8(11)10(9(12)13)6-4-3-5-7-10/h3,8,11H,2,4-7H2,1H3,(H,12,13). The molecule has 75 valence electrons. The highest BCUT2D eigenvalue weighted by atomic mass is 16.4. The summed E-state index contributed by atoms with van der Waals surface area (Å²) in [7, 11) is 0. The van der Waals surface area contributed by atoms with Crippen LogP contribution < -0.4 is 0 Å². The summed E-state index contributed by atoms with van der Waals surface area (Å²) >= 11 is 0. The summed E-state index contributed by atoms with van der Waals surface area (Å²) in [4.78, 5) is 11.1. The maximum absolute atomic E-state index is 11.1. The number of carboxylic acids is 1. The molecule has 0 bridgehead atoms. The van der Waals surface area contributed by atoms with Gasteiger partial charge in [0, 0.05) is 0 Å². The van der Waals surface area contributed by atoms with Gasteiger partial charge in [-0.05, 0) is 38.5 Å². The minimum absolute atomic E-state index is 0.520. The van der Waals surface area contributed by atoms with Crippen molar-refractivity contribution >= 4 is 5.97 Å². The van der Waals surface area contributed by atoms with Crippen LogP contribution in [0.25, 0.3) is 0 Å². The minimum Gasteiger partial charge on any atom is -0.481 e. The summed E-state index contributed by atoms with van der Waals surface area (Å²) in [6, 6.07) is 0. The third-order valence-electron chi connectivity index (χ3n) is 3.04. The molecule has 0 aromatic heterocycles. The van der Waals surface area contributed by atoms with Crippen molar-refractivity contribution in [2.75, 3.05) is 0 Å². The van der Waals surface area contributed by atoms with E-state index in [1.165, 1.54) is 0 Å². The Kier molecular flexibility index (Phi) is 3.31. The van der Waals surface area contributed by atoms with Gasteiger partial charge >= 0.3 is 5.97 Å². The molecule has 1 atom stereocenters. The topological polar surface area (TPSA) is 57.5 Å². The van der Waals surface area contributed by atoms with Gasteiger partial charge in [-0.1, -0.05) is 6.92 Å². The molecule has 2 N–H and O–H groups in total. The third-order valence-corrected chi connectivity index (χ3v) is 3.04. The first kappa shape index (κ1) is 10.5. The van der Waals surface area contributed by atoms with Crippen molar-refractivity contribution in [1.29, 1.82) is 0 Å². The van der Waals surface area contributed by atoms with Crippen molar-refractivity contribution in [2.24, 2.45) is 5.41 Å². The highest BCUT2D eigenvalue weighted by Crippen LogP contribution is 2.40. The Bertz CT molecular complexity index is 183. The first-order valence-electron chi connectivity index (χ1n) is 4.86.